The Morgan fingerprint density at radius 3 is 2.77 bits per heavy atom. The summed E-state index contributed by atoms with van der Waals surface area (Å²) in [6.45, 7) is 1.25. The minimum atomic E-state index is -4.57. The monoisotopic (exact) mass is 317 g/mol. The van der Waals surface area contributed by atoms with Crippen LogP contribution in [0.3, 0.4) is 0 Å². The molecule has 0 saturated heterocycles. The van der Waals surface area contributed by atoms with Crippen molar-refractivity contribution < 1.29 is 27.8 Å². The van der Waals surface area contributed by atoms with E-state index < -0.39 is 23.9 Å². The van der Waals surface area contributed by atoms with Gasteiger partial charge in [-0.2, -0.15) is 18.3 Å². The summed E-state index contributed by atoms with van der Waals surface area (Å²) in [5.41, 5.74) is 1.39. The molecule has 0 aromatic heterocycles. The van der Waals surface area contributed by atoms with Gasteiger partial charge in [-0.15, -0.1) is 0 Å². The minimum absolute atomic E-state index is 0.0114. The van der Waals surface area contributed by atoms with E-state index >= 15 is 0 Å². The van der Waals surface area contributed by atoms with E-state index in [9.17, 15) is 23.1 Å². The number of cyclic esters (lactones) is 1. The van der Waals surface area contributed by atoms with Gasteiger partial charge >= 0.3 is 12.3 Å². The molecule has 1 amide bonds. The summed E-state index contributed by atoms with van der Waals surface area (Å²) in [5, 5.41) is 15.4. The average Bonchev–Trinajstić information content (AvgIpc) is 2.45. The number of hydrazone groups is 1. The number of alkyl halides is 3. The smallest absolute Gasteiger partial charge is 0.428 e. The van der Waals surface area contributed by atoms with Crippen molar-refractivity contribution >= 4 is 17.5 Å². The van der Waals surface area contributed by atoms with Crippen LogP contribution in [0.4, 0.5) is 23.7 Å². The van der Waals surface area contributed by atoms with Gasteiger partial charge in [0.05, 0.1) is 11.7 Å². The lowest BCUT2D eigenvalue weighted by atomic mass is 10.0. The Kier molecular flexibility index (Phi) is 4.55. The van der Waals surface area contributed by atoms with Gasteiger partial charge in [-0.3, -0.25) is 0 Å². The lowest BCUT2D eigenvalue weighted by molar-refractivity contribution is -0.137. The topological polar surface area (TPSA) is 83.0 Å². The lowest BCUT2D eigenvalue weighted by Crippen LogP contribution is -2.31. The van der Waals surface area contributed by atoms with Crippen molar-refractivity contribution in [2.24, 2.45) is 5.10 Å². The number of hydrogen-bond acceptors (Lipinski definition) is 5. The molecule has 1 aliphatic rings. The van der Waals surface area contributed by atoms with Gasteiger partial charge < -0.3 is 15.2 Å². The van der Waals surface area contributed by atoms with Gasteiger partial charge in [0.2, 0.25) is 0 Å². The highest BCUT2D eigenvalue weighted by atomic mass is 19.4. The second-order valence-corrected chi connectivity index (χ2v) is 4.73. The Labute approximate surface area is 124 Å². The van der Waals surface area contributed by atoms with E-state index in [1.54, 1.807) is 0 Å². The first kappa shape index (κ1) is 16.1. The fourth-order valence-corrected chi connectivity index (χ4v) is 1.83. The first-order valence-corrected chi connectivity index (χ1v) is 6.40. The molecule has 1 aromatic carbocycles. The van der Waals surface area contributed by atoms with Crippen LogP contribution in [-0.2, 0) is 10.9 Å². The summed E-state index contributed by atoms with van der Waals surface area (Å²) in [6.07, 6.45) is -6.11. The molecule has 0 aliphatic carbocycles. The van der Waals surface area contributed by atoms with E-state index in [1.165, 1.54) is 19.1 Å². The molecule has 1 heterocycles. The number of carbonyl (C=O) groups is 1. The van der Waals surface area contributed by atoms with Crippen LogP contribution in [0.15, 0.2) is 23.3 Å². The molecule has 0 saturated carbocycles. The number of benzene rings is 1. The number of halogens is 3. The molecule has 1 aromatic rings. The number of nitrogens with zero attached hydrogens (tertiary/aromatic N) is 1. The van der Waals surface area contributed by atoms with E-state index in [4.69, 9.17) is 0 Å². The largest absolute Gasteiger partial charge is 0.442 e. The summed E-state index contributed by atoms with van der Waals surface area (Å²) in [7, 11) is 0. The fourth-order valence-electron chi connectivity index (χ4n) is 1.83. The third kappa shape index (κ3) is 3.88. The third-order valence-electron chi connectivity index (χ3n) is 2.87. The maximum atomic E-state index is 13.1. The van der Waals surface area contributed by atoms with Crippen LogP contribution in [0.2, 0.25) is 0 Å². The Morgan fingerprint density at radius 2 is 2.23 bits per heavy atom. The highest BCUT2D eigenvalue weighted by molar-refractivity contribution is 6.04. The van der Waals surface area contributed by atoms with Crippen molar-refractivity contribution in [3.63, 3.8) is 0 Å². The Hall–Kier alpha value is -2.29. The molecule has 1 atom stereocenters. The SMILES string of the molecule is C[C@@H](O)CNc1ccc(C2=NNC(=O)OC2)cc1C(F)(F)F. The van der Waals surface area contributed by atoms with Crippen molar-refractivity contribution in [1.29, 1.82) is 0 Å². The van der Waals surface area contributed by atoms with E-state index in [1.807, 2.05) is 5.43 Å². The molecule has 0 fully saturated rings. The van der Waals surface area contributed by atoms with E-state index in [-0.39, 0.29) is 30.1 Å². The summed E-state index contributed by atoms with van der Waals surface area (Å²) < 4.78 is 44.1. The number of aliphatic hydroxyl groups is 1. The first-order valence-electron chi connectivity index (χ1n) is 6.40. The molecule has 1 aliphatic heterocycles. The molecule has 6 nitrogen and oxygen atoms in total. The van der Waals surface area contributed by atoms with Gasteiger partial charge in [-0.25, -0.2) is 10.2 Å². The van der Waals surface area contributed by atoms with Gasteiger partial charge in [0.1, 0.15) is 12.3 Å². The zero-order valence-electron chi connectivity index (χ0n) is 11.6. The van der Waals surface area contributed by atoms with Crippen LogP contribution in [0.5, 0.6) is 0 Å². The van der Waals surface area contributed by atoms with Crippen molar-refractivity contribution in [2.45, 2.75) is 19.2 Å². The summed E-state index contributed by atoms with van der Waals surface area (Å²) in [5.74, 6) is 0. The molecule has 9 heteroatoms. The van der Waals surface area contributed by atoms with Crippen LogP contribution >= 0.6 is 0 Å². The van der Waals surface area contributed by atoms with Gasteiger partial charge in [-0.1, -0.05) is 6.07 Å². The number of amides is 1. The number of hydrogen-bond donors (Lipinski definition) is 3. The molecule has 0 spiro atoms. The standard InChI is InChI=1S/C13H14F3N3O3/c1-7(20)5-17-10-3-2-8(4-9(10)13(14,15)16)11-6-22-12(21)19-18-11/h2-4,7,17,20H,5-6H2,1H3,(H,19,21)/t7-/m1/s1. The average molecular weight is 317 g/mol. The van der Waals surface area contributed by atoms with Gasteiger partial charge in [0.15, 0.2) is 0 Å². The molecular formula is C13H14F3N3O3. The van der Waals surface area contributed by atoms with Crippen LogP contribution in [0.25, 0.3) is 0 Å². The Morgan fingerprint density at radius 1 is 1.50 bits per heavy atom. The number of carbonyl (C=O) groups excluding carboxylic acids is 1. The highest BCUT2D eigenvalue weighted by Gasteiger charge is 2.34. The van der Waals surface area contributed by atoms with Crippen molar-refractivity contribution in [3.05, 3.63) is 29.3 Å². The van der Waals surface area contributed by atoms with E-state index in [2.05, 4.69) is 15.2 Å². The zero-order chi connectivity index (χ0) is 16.3. The van der Waals surface area contributed by atoms with E-state index in [0.717, 1.165) is 6.07 Å². The van der Waals surface area contributed by atoms with Crippen molar-refractivity contribution in [1.82, 2.24) is 5.43 Å². The summed E-state index contributed by atoms with van der Waals surface area (Å²) >= 11 is 0. The molecule has 0 unspecified atom stereocenters. The maximum Gasteiger partial charge on any atom is 0.428 e. The third-order valence-corrected chi connectivity index (χ3v) is 2.87. The Balaban J connectivity index is 2.33. The molecule has 0 bridgehead atoms. The molecular weight excluding hydrogens is 303 g/mol. The predicted octanol–water partition coefficient (Wildman–Crippen LogP) is 1.94. The summed E-state index contributed by atoms with van der Waals surface area (Å²) in [6, 6.07) is 3.60. The number of ether oxygens (including phenoxy) is 1. The van der Waals surface area contributed by atoms with Gasteiger partial charge in [-0.05, 0) is 19.1 Å². The molecule has 120 valence electrons. The van der Waals surface area contributed by atoms with Crippen LogP contribution in [-0.4, -0.2) is 36.2 Å². The van der Waals surface area contributed by atoms with E-state index in [0.29, 0.717) is 0 Å². The number of rotatable bonds is 4. The number of nitrogens with one attached hydrogen (secondary N) is 2. The second kappa shape index (κ2) is 6.22. The molecule has 22 heavy (non-hydrogen) atoms. The summed E-state index contributed by atoms with van der Waals surface area (Å²) in [4.78, 5) is 10.8. The van der Waals surface area contributed by atoms with Crippen LogP contribution < -0.4 is 10.7 Å². The van der Waals surface area contributed by atoms with Crippen molar-refractivity contribution in [2.75, 3.05) is 18.5 Å². The quantitative estimate of drug-likeness (QED) is 0.792. The lowest BCUT2D eigenvalue weighted by Gasteiger charge is -2.18. The zero-order valence-corrected chi connectivity index (χ0v) is 11.6. The predicted molar refractivity (Wildman–Crippen MR) is 72.6 cm³/mol. The number of anilines is 1. The van der Waals surface area contributed by atoms with Gasteiger partial charge in [0, 0.05) is 17.8 Å². The second-order valence-electron chi connectivity index (χ2n) is 4.73. The molecule has 0 radical (unpaired) electrons. The maximum absolute atomic E-state index is 13.1. The van der Waals surface area contributed by atoms with Gasteiger partial charge in [0.25, 0.3) is 0 Å². The first-order chi connectivity index (χ1) is 10.3. The minimum Gasteiger partial charge on any atom is -0.442 e. The van der Waals surface area contributed by atoms with Crippen molar-refractivity contribution in [3.8, 4) is 0 Å². The van der Waals surface area contributed by atoms with Crippen LogP contribution in [0.1, 0.15) is 18.1 Å². The van der Waals surface area contributed by atoms with Crippen LogP contribution in [0, 0.1) is 0 Å². The Bertz CT molecular complexity index is 600. The molecule has 2 rings (SSSR count). The highest BCUT2D eigenvalue weighted by Crippen LogP contribution is 2.35. The number of aliphatic hydroxyl groups excluding tert-OH is 1. The normalized spacial score (nSPS) is 16.4. The molecule has 3 N–H and O–H groups in total. The fraction of sp³-hybridized carbons (Fsp3) is 0.385.